The maximum absolute atomic E-state index is 13.8. The largest absolute Gasteiger partial charge is 0.507 e. The van der Waals surface area contributed by atoms with Crippen LogP contribution in [-0.2, 0) is 5.54 Å². The molecule has 2 rings (SSSR count). The maximum Gasteiger partial charge on any atom is 0.150 e. The zero-order chi connectivity index (χ0) is 11.1. The van der Waals surface area contributed by atoms with Crippen molar-refractivity contribution in [3.63, 3.8) is 0 Å². The van der Waals surface area contributed by atoms with E-state index in [1.54, 1.807) is 0 Å². The highest BCUT2D eigenvalue weighted by Crippen LogP contribution is 2.39. The molecule has 2 nitrogen and oxygen atoms in total. The summed E-state index contributed by atoms with van der Waals surface area (Å²) in [7, 11) is 0. The van der Waals surface area contributed by atoms with Crippen molar-refractivity contribution in [3.8, 4) is 5.75 Å². The monoisotopic (exact) mass is 229 g/mol. The fourth-order valence-corrected chi connectivity index (χ4v) is 2.33. The lowest BCUT2D eigenvalue weighted by Crippen LogP contribution is -2.34. The average molecular weight is 230 g/mol. The van der Waals surface area contributed by atoms with E-state index in [0.717, 1.165) is 19.4 Å². The molecule has 1 aliphatic heterocycles. The van der Waals surface area contributed by atoms with Crippen LogP contribution in [0.5, 0.6) is 5.75 Å². The van der Waals surface area contributed by atoms with Crippen molar-refractivity contribution >= 4 is 11.6 Å². The van der Waals surface area contributed by atoms with Gasteiger partial charge in [-0.1, -0.05) is 11.6 Å². The van der Waals surface area contributed by atoms with Crippen LogP contribution in [0.4, 0.5) is 4.39 Å². The highest BCUT2D eigenvalue weighted by molar-refractivity contribution is 6.30. The summed E-state index contributed by atoms with van der Waals surface area (Å²) in [6.45, 7) is 2.72. The molecular weight excluding hydrogens is 217 g/mol. The summed E-state index contributed by atoms with van der Waals surface area (Å²) in [5, 5.41) is 13.0. The minimum absolute atomic E-state index is 0.0335. The number of hydrogen-bond donors (Lipinski definition) is 2. The standard InChI is InChI=1S/C11H13ClFNO/c1-11(5-2-6-14-11)9-8(15)4-3-7(12)10(9)13/h3-4,14-15H,2,5-6H2,1H3. The van der Waals surface area contributed by atoms with Gasteiger partial charge in [0.05, 0.1) is 10.6 Å². The Morgan fingerprint density at radius 2 is 2.27 bits per heavy atom. The fraction of sp³-hybridized carbons (Fsp3) is 0.455. The minimum atomic E-state index is -0.520. The van der Waals surface area contributed by atoms with Crippen LogP contribution < -0.4 is 5.32 Å². The van der Waals surface area contributed by atoms with Gasteiger partial charge in [-0.15, -0.1) is 0 Å². The van der Waals surface area contributed by atoms with Gasteiger partial charge in [-0.2, -0.15) is 0 Å². The SMILES string of the molecule is CC1(c2c(O)ccc(Cl)c2F)CCCN1. The van der Waals surface area contributed by atoms with Gasteiger partial charge in [-0.3, -0.25) is 0 Å². The number of benzene rings is 1. The van der Waals surface area contributed by atoms with E-state index in [9.17, 15) is 9.50 Å². The molecule has 1 saturated heterocycles. The van der Waals surface area contributed by atoms with E-state index in [1.807, 2.05) is 6.92 Å². The van der Waals surface area contributed by atoms with Crippen molar-refractivity contribution in [3.05, 3.63) is 28.5 Å². The molecule has 0 radical (unpaired) electrons. The van der Waals surface area contributed by atoms with Crippen molar-refractivity contribution in [2.75, 3.05) is 6.54 Å². The Labute approximate surface area is 93.1 Å². The number of phenolic OH excluding ortho intramolecular Hbond substituents is 1. The normalized spacial score (nSPS) is 25.8. The van der Waals surface area contributed by atoms with Crippen LogP contribution in [0.25, 0.3) is 0 Å². The first-order valence-corrected chi connectivity index (χ1v) is 5.35. The van der Waals surface area contributed by atoms with E-state index in [0.29, 0.717) is 0 Å². The minimum Gasteiger partial charge on any atom is -0.507 e. The zero-order valence-electron chi connectivity index (χ0n) is 8.48. The lowest BCUT2D eigenvalue weighted by atomic mass is 9.89. The third-order valence-electron chi connectivity index (χ3n) is 2.99. The van der Waals surface area contributed by atoms with Crippen molar-refractivity contribution in [1.29, 1.82) is 0 Å². The summed E-state index contributed by atoms with van der Waals surface area (Å²) in [5.41, 5.74) is -0.216. The lowest BCUT2D eigenvalue weighted by Gasteiger charge is -2.26. The molecular formula is C11H13ClFNO. The van der Waals surface area contributed by atoms with E-state index in [-0.39, 0.29) is 16.3 Å². The molecule has 0 bridgehead atoms. The van der Waals surface area contributed by atoms with Gasteiger partial charge in [-0.05, 0) is 38.4 Å². The molecule has 1 unspecified atom stereocenters. The Balaban J connectivity index is 2.55. The summed E-state index contributed by atoms with van der Waals surface area (Å²) in [4.78, 5) is 0. The highest BCUT2D eigenvalue weighted by atomic mass is 35.5. The molecule has 0 aliphatic carbocycles. The number of halogens is 2. The molecule has 82 valence electrons. The predicted octanol–water partition coefficient (Wildman–Crippen LogP) is 2.78. The second-order valence-corrected chi connectivity index (χ2v) is 4.53. The van der Waals surface area contributed by atoms with Crippen molar-refractivity contribution in [2.45, 2.75) is 25.3 Å². The van der Waals surface area contributed by atoms with Gasteiger partial charge in [-0.25, -0.2) is 4.39 Å². The molecule has 1 aromatic carbocycles. The molecule has 15 heavy (non-hydrogen) atoms. The zero-order valence-corrected chi connectivity index (χ0v) is 9.24. The first-order valence-electron chi connectivity index (χ1n) is 4.97. The molecule has 1 atom stereocenters. The van der Waals surface area contributed by atoms with Crippen LogP contribution in [0.2, 0.25) is 5.02 Å². The third kappa shape index (κ3) is 1.70. The van der Waals surface area contributed by atoms with Crippen LogP contribution in [0, 0.1) is 5.82 Å². The first-order chi connectivity index (χ1) is 7.04. The Kier molecular flexibility index (Phi) is 2.61. The van der Waals surface area contributed by atoms with Crippen LogP contribution >= 0.6 is 11.6 Å². The van der Waals surface area contributed by atoms with Crippen molar-refractivity contribution < 1.29 is 9.50 Å². The average Bonchev–Trinajstić information content (AvgIpc) is 2.60. The second kappa shape index (κ2) is 3.65. The predicted molar refractivity (Wildman–Crippen MR) is 57.7 cm³/mol. The van der Waals surface area contributed by atoms with Gasteiger partial charge in [0.1, 0.15) is 5.75 Å². The molecule has 1 heterocycles. The molecule has 4 heteroatoms. The molecule has 0 saturated carbocycles. The number of nitrogens with one attached hydrogen (secondary N) is 1. The lowest BCUT2D eigenvalue weighted by molar-refractivity contribution is 0.374. The summed E-state index contributed by atoms with van der Waals surface area (Å²) in [5.74, 6) is -0.553. The molecule has 1 aliphatic rings. The van der Waals surface area contributed by atoms with E-state index in [2.05, 4.69) is 5.32 Å². The van der Waals surface area contributed by atoms with Crippen molar-refractivity contribution in [2.24, 2.45) is 0 Å². The molecule has 0 amide bonds. The summed E-state index contributed by atoms with van der Waals surface area (Å²) < 4.78 is 13.8. The second-order valence-electron chi connectivity index (χ2n) is 4.12. The van der Waals surface area contributed by atoms with Crippen LogP contribution in [0.1, 0.15) is 25.3 Å². The Bertz CT molecular complexity index is 388. The maximum atomic E-state index is 13.8. The number of hydrogen-bond acceptors (Lipinski definition) is 2. The van der Waals surface area contributed by atoms with Crippen LogP contribution in [-0.4, -0.2) is 11.7 Å². The smallest absolute Gasteiger partial charge is 0.150 e. The van der Waals surface area contributed by atoms with Crippen molar-refractivity contribution in [1.82, 2.24) is 5.32 Å². The number of aromatic hydroxyl groups is 1. The Hall–Kier alpha value is -0.800. The van der Waals surface area contributed by atoms with Crippen LogP contribution in [0.3, 0.4) is 0 Å². The first kappa shape index (κ1) is 10.7. The number of rotatable bonds is 1. The van der Waals surface area contributed by atoms with Gasteiger partial charge in [0.25, 0.3) is 0 Å². The molecule has 1 fully saturated rings. The third-order valence-corrected chi connectivity index (χ3v) is 3.29. The molecule has 0 spiro atoms. The van der Waals surface area contributed by atoms with Gasteiger partial charge in [0, 0.05) is 5.54 Å². The highest BCUT2D eigenvalue weighted by Gasteiger charge is 2.35. The van der Waals surface area contributed by atoms with E-state index in [1.165, 1.54) is 12.1 Å². The van der Waals surface area contributed by atoms with Gasteiger partial charge < -0.3 is 10.4 Å². The van der Waals surface area contributed by atoms with Gasteiger partial charge >= 0.3 is 0 Å². The summed E-state index contributed by atoms with van der Waals surface area (Å²) in [6, 6.07) is 2.81. The molecule has 1 aromatic rings. The number of phenols is 1. The van der Waals surface area contributed by atoms with Gasteiger partial charge in [0.2, 0.25) is 0 Å². The van der Waals surface area contributed by atoms with E-state index >= 15 is 0 Å². The quantitative estimate of drug-likeness (QED) is 0.776. The van der Waals surface area contributed by atoms with E-state index < -0.39 is 11.4 Å². The van der Waals surface area contributed by atoms with Gasteiger partial charge in [0.15, 0.2) is 5.82 Å². The van der Waals surface area contributed by atoms with E-state index in [4.69, 9.17) is 11.6 Å². The molecule has 0 aromatic heterocycles. The molecule has 2 N–H and O–H groups in total. The Morgan fingerprint density at radius 3 is 2.87 bits per heavy atom. The summed E-state index contributed by atoms with van der Waals surface area (Å²) >= 11 is 5.71. The fourth-order valence-electron chi connectivity index (χ4n) is 2.17. The van der Waals surface area contributed by atoms with Crippen LogP contribution in [0.15, 0.2) is 12.1 Å². The topological polar surface area (TPSA) is 32.3 Å². The summed E-state index contributed by atoms with van der Waals surface area (Å²) in [6.07, 6.45) is 1.78. The Morgan fingerprint density at radius 1 is 1.53 bits per heavy atom.